The van der Waals surface area contributed by atoms with Crippen LogP contribution in [0, 0.1) is 17.7 Å². The quantitative estimate of drug-likeness (QED) is 0.240. The summed E-state index contributed by atoms with van der Waals surface area (Å²) in [5, 5.41) is 8.74. The predicted octanol–water partition coefficient (Wildman–Crippen LogP) is 6.40. The summed E-state index contributed by atoms with van der Waals surface area (Å²) in [5.41, 5.74) is 4.51. The Morgan fingerprint density at radius 2 is 1.57 bits per heavy atom. The van der Waals surface area contributed by atoms with Crippen molar-refractivity contribution < 1.29 is 14.0 Å². The van der Waals surface area contributed by atoms with Crippen LogP contribution in [-0.4, -0.2) is 27.6 Å². The topological polar surface area (TPSA) is 67.2 Å². The second kappa shape index (κ2) is 10.9. The number of carbonyl (C=O) groups is 2. The first kappa shape index (κ1) is 26.1. The van der Waals surface area contributed by atoms with E-state index in [1.807, 2.05) is 71.6 Å². The molecule has 210 valence electrons. The number of benzene rings is 4. The van der Waals surface area contributed by atoms with Gasteiger partial charge in [0.25, 0.3) is 0 Å². The number of nitrogens with zero attached hydrogens (tertiary/aromatic N) is 3. The van der Waals surface area contributed by atoms with Crippen LogP contribution in [0.15, 0.2) is 109 Å². The van der Waals surface area contributed by atoms with Crippen LogP contribution >= 0.6 is 0 Å². The first-order valence-corrected chi connectivity index (χ1v) is 14.5. The molecule has 7 rings (SSSR count). The van der Waals surface area contributed by atoms with Crippen LogP contribution in [0.25, 0.3) is 16.6 Å². The number of aryl methyl sites for hydroxylation is 1. The van der Waals surface area contributed by atoms with E-state index in [-0.39, 0.29) is 41.6 Å². The summed E-state index contributed by atoms with van der Waals surface area (Å²) in [6.45, 7) is 0. The number of hydrogen-bond donors (Lipinski definition) is 1. The molecule has 1 aliphatic heterocycles. The van der Waals surface area contributed by atoms with E-state index >= 15 is 0 Å². The highest BCUT2D eigenvalue weighted by Crippen LogP contribution is 2.43. The second-order valence-corrected chi connectivity index (χ2v) is 11.3. The van der Waals surface area contributed by atoms with E-state index < -0.39 is 0 Å². The lowest BCUT2D eigenvalue weighted by Gasteiger charge is -2.30. The summed E-state index contributed by atoms with van der Waals surface area (Å²) < 4.78 is 15.3. The van der Waals surface area contributed by atoms with E-state index in [0.717, 1.165) is 47.1 Å². The largest absolute Gasteiger partial charge is 0.350 e. The van der Waals surface area contributed by atoms with Crippen LogP contribution in [0.4, 0.5) is 10.1 Å². The first-order valence-electron chi connectivity index (χ1n) is 14.5. The zero-order valence-corrected chi connectivity index (χ0v) is 23.1. The van der Waals surface area contributed by atoms with Gasteiger partial charge in [0.15, 0.2) is 0 Å². The van der Waals surface area contributed by atoms with Gasteiger partial charge in [0, 0.05) is 17.0 Å². The third-order valence-corrected chi connectivity index (χ3v) is 8.49. The zero-order valence-electron chi connectivity index (χ0n) is 23.1. The predicted molar refractivity (Wildman–Crippen MR) is 161 cm³/mol. The molecule has 7 heteroatoms. The summed E-state index contributed by atoms with van der Waals surface area (Å²) in [4.78, 5) is 29.4. The fourth-order valence-corrected chi connectivity index (χ4v) is 6.18. The molecule has 2 amide bonds. The summed E-state index contributed by atoms with van der Waals surface area (Å²) in [6.07, 6.45) is 4.93. The second-order valence-electron chi connectivity index (χ2n) is 11.3. The Morgan fingerprint density at radius 3 is 2.29 bits per heavy atom. The number of rotatable bonds is 8. The van der Waals surface area contributed by atoms with E-state index in [1.165, 1.54) is 17.7 Å². The molecular formula is C35H31FN4O2. The van der Waals surface area contributed by atoms with Gasteiger partial charge in [-0.2, -0.15) is 5.10 Å². The van der Waals surface area contributed by atoms with Crippen LogP contribution in [0.3, 0.4) is 0 Å². The number of hydrogen-bond acceptors (Lipinski definition) is 3. The number of amides is 2. The van der Waals surface area contributed by atoms with Gasteiger partial charge in [-0.3, -0.25) is 9.59 Å². The lowest BCUT2D eigenvalue weighted by atomic mass is 9.89. The molecule has 1 N–H and O–H groups in total. The van der Waals surface area contributed by atoms with Crippen LogP contribution in [0.2, 0.25) is 0 Å². The van der Waals surface area contributed by atoms with E-state index in [2.05, 4.69) is 22.5 Å². The Bertz CT molecular complexity index is 1730. The maximum absolute atomic E-state index is 14.4. The Labute approximate surface area is 243 Å². The van der Waals surface area contributed by atoms with Gasteiger partial charge in [-0.05, 0) is 79.3 Å². The molecule has 1 aliphatic carbocycles. The van der Waals surface area contributed by atoms with Crippen LogP contribution in [0.5, 0.6) is 0 Å². The Hall–Kier alpha value is -4.78. The fraction of sp³-hybridized carbons (Fsp3) is 0.229. The van der Waals surface area contributed by atoms with Gasteiger partial charge in [0.05, 0.1) is 35.4 Å². The van der Waals surface area contributed by atoms with E-state index in [1.54, 1.807) is 23.0 Å². The van der Waals surface area contributed by atoms with Gasteiger partial charge in [0.1, 0.15) is 5.82 Å². The first-order chi connectivity index (χ1) is 20.6. The number of aromatic nitrogens is 2. The molecule has 0 bridgehead atoms. The highest BCUT2D eigenvalue weighted by molar-refractivity contribution is 6.01. The number of carbonyl (C=O) groups excluding carboxylic acids is 2. The monoisotopic (exact) mass is 558 g/mol. The molecule has 0 spiro atoms. The molecule has 42 heavy (non-hydrogen) atoms. The minimum absolute atomic E-state index is 0.00570. The summed E-state index contributed by atoms with van der Waals surface area (Å²) in [7, 11) is 0. The molecule has 5 aromatic rings. The molecular weight excluding hydrogens is 527 g/mol. The highest BCUT2D eigenvalue weighted by Gasteiger charge is 2.50. The molecule has 3 atom stereocenters. The van der Waals surface area contributed by atoms with Gasteiger partial charge in [-0.15, -0.1) is 0 Å². The fourth-order valence-electron chi connectivity index (χ4n) is 6.18. The smallest absolute Gasteiger partial charge is 0.232 e. The standard InChI is InChI=1S/C35H31FN4O2/c36-27-14-16-28(17-15-27)40-31-20-18-29(21-26(31)22-37-40)39-33(24-9-5-2-6-10-24)32(38-34(41)25-12-13-25)30(35(39)42)19-11-23-7-3-1-4-8-23/h1-10,14-18,20-22,25,30,32-33H,11-13,19H2,(H,38,41)/t30?,32-,33+/m0/s1. The number of nitrogens with one attached hydrogen (secondary N) is 1. The van der Waals surface area contributed by atoms with Crippen molar-refractivity contribution in [3.63, 3.8) is 0 Å². The minimum atomic E-state index is -0.379. The molecule has 4 aromatic carbocycles. The number of fused-ring (bicyclic) bond motifs is 1. The Kier molecular flexibility index (Phi) is 6.78. The molecule has 0 radical (unpaired) electrons. The zero-order chi connectivity index (χ0) is 28.6. The van der Waals surface area contributed by atoms with E-state index in [9.17, 15) is 14.0 Å². The molecule has 2 heterocycles. The van der Waals surface area contributed by atoms with Gasteiger partial charge in [-0.1, -0.05) is 60.7 Å². The molecule has 2 fully saturated rings. The lowest BCUT2D eigenvalue weighted by molar-refractivity contribution is -0.124. The van der Waals surface area contributed by atoms with Crippen molar-refractivity contribution in [3.05, 3.63) is 126 Å². The molecule has 2 aliphatic rings. The van der Waals surface area contributed by atoms with Crippen molar-refractivity contribution in [1.29, 1.82) is 0 Å². The van der Waals surface area contributed by atoms with E-state index in [4.69, 9.17) is 0 Å². The van der Waals surface area contributed by atoms with E-state index in [0.29, 0.717) is 6.42 Å². The average Bonchev–Trinajstić information content (AvgIpc) is 3.74. The third kappa shape index (κ3) is 4.96. The van der Waals surface area contributed by atoms with Crippen LogP contribution in [-0.2, 0) is 16.0 Å². The SMILES string of the molecule is O=C(N[C@H]1C(CCc2ccccc2)C(=O)N(c2ccc3c(cnn3-c3ccc(F)cc3)c2)[C@@H]1c1ccccc1)C1CC1. The van der Waals surface area contributed by atoms with Crippen LogP contribution in [0.1, 0.15) is 36.4 Å². The maximum Gasteiger partial charge on any atom is 0.232 e. The molecule has 1 unspecified atom stereocenters. The van der Waals surface area contributed by atoms with Crippen molar-refractivity contribution in [2.75, 3.05) is 4.90 Å². The summed E-state index contributed by atoms with van der Waals surface area (Å²) in [5.74, 6) is -0.602. The third-order valence-electron chi connectivity index (χ3n) is 8.49. The molecule has 1 aromatic heterocycles. The van der Waals surface area contributed by atoms with Crippen molar-refractivity contribution in [2.24, 2.45) is 11.8 Å². The minimum Gasteiger partial charge on any atom is -0.350 e. The Morgan fingerprint density at radius 1 is 0.881 bits per heavy atom. The number of anilines is 1. The molecule has 1 saturated heterocycles. The summed E-state index contributed by atoms with van der Waals surface area (Å²) >= 11 is 0. The van der Waals surface area contributed by atoms with Crippen molar-refractivity contribution >= 4 is 28.4 Å². The lowest BCUT2D eigenvalue weighted by Crippen LogP contribution is -2.43. The maximum atomic E-state index is 14.4. The molecule has 6 nitrogen and oxygen atoms in total. The van der Waals surface area contributed by atoms with Gasteiger partial charge >= 0.3 is 0 Å². The van der Waals surface area contributed by atoms with Gasteiger partial charge in [-0.25, -0.2) is 9.07 Å². The number of halogens is 1. The van der Waals surface area contributed by atoms with Gasteiger partial charge in [0.2, 0.25) is 11.8 Å². The average molecular weight is 559 g/mol. The Balaban J connectivity index is 1.28. The summed E-state index contributed by atoms with van der Waals surface area (Å²) in [6, 6.07) is 31.5. The van der Waals surface area contributed by atoms with Crippen molar-refractivity contribution in [3.8, 4) is 5.69 Å². The molecule has 1 saturated carbocycles. The highest BCUT2D eigenvalue weighted by atomic mass is 19.1. The van der Waals surface area contributed by atoms with Crippen LogP contribution < -0.4 is 10.2 Å². The van der Waals surface area contributed by atoms with Crippen molar-refractivity contribution in [1.82, 2.24) is 15.1 Å². The van der Waals surface area contributed by atoms with Gasteiger partial charge < -0.3 is 10.2 Å². The normalized spacial score (nSPS) is 20.3. The van der Waals surface area contributed by atoms with Crippen molar-refractivity contribution in [2.45, 2.75) is 37.8 Å².